The normalized spacial score (nSPS) is 11.9. The van der Waals surface area contributed by atoms with E-state index in [9.17, 15) is 18.0 Å². The monoisotopic (exact) mass is 337 g/mol. The van der Waals surface area contributed by atoms with Crippen molar-refractivity contribution >= 4 is 21.7 Å². The number of halogens is 4. The molecule has 0 spiro atoms. The van der Waals surface area contributed by atoms with Crippen LogP contribution in [0.2, 0.25) is 0 Å². The van der Waals surface area contributed by atoms with Gasteiger partial charge < -0.3 is 0 Å². The SMILES string of the molecule is CCN(CCC(=O)c1ccc(Br)cc1)CC(F)(F)F. The molecule has 0 atom stereocenters. The molecule has 6 heteroatoms. The van der Waals surface area contributed by atoms with Crippen molar-refractivity contribution in [3.8, 4) is 0 Å². The number of hydrogen-bond donors (Lipinski definition) is 0. The van der Waals surface area contributed by atoms with Crippen molar-refractivity contribution in [1.29, 1.82) is 0 Å². The van der Waals surface area contributed by atoms with Gasteiger partial charge in [0.1, 0.15) is 0 Å². The predicted molar refractivity (Wildman–Crippen MR) is 71.3 cm³/mol. The molecule has 0 bridgehead atoms. The van der Waals surface area contributed by atoms with Crippen LogP contribution in [-0.4, -0.2) is 36.5 Å². The maximum absolute atomic E-state index is 12.3. The maximum Gasteiger partial charge on any atom is 0.401 e. The molecule has 0 amide bonds. The van der Waals surface area contributed by atoms with Crippen molar-refractivity contribution in [2.45, 2.75) is 19.5 Å². The van der Waals surface area contributed by atoms with Crippen LogP contribution in [0.15, 0.2) is 28.7 Å². The fraction of sp³-hybridized carbons (Fsp3) is 0.462. The van der Waals surface area contributed by atoms with Gasteiger partial charge in [0.25, 0.3) is 0 Å². The van der Waals surface area contributed by atoms with Crippen molar-refractivity contribution < 1.29 is 18.0 Å². The molecule has 0 aliphatic rings. The quantitative estimate of drug-likeness (QED) is 0.733. The lowest BCUT2D eigenvalue weighted by atomic mass is 10.1. The van der Waals surface area contributed by atoms with Gasteiger partial charge >= 0.3 is 6.18 Å². The zero-order valence-corrected chi connectivity index (χ0v) is 12.1. The van der Waals surface area contributed by atoms with Gasteiger partial charge in [0.05, 0.1) is 6.54 Å². The number of carbonyl (C=O) groups excluding carboxylic acids is 1. The third-order valence-electron chi connectivity index (χ3n) is 2.67. The average molecular weight is 338 g/mol. The molecule has 0 heterocycles. The lowest BCUT2D eigenvalue weighted by Gasteiger charge is -2.21. The van der Waals surface area contributed by atoms with E-state index in [0.717, 1.165) is 4.47 Å². The Bertz CT molecular complexity index is 417. The number of hydrogen-bond acceptors (Lipinski definition) is 2. The molecular weight excluding hydrogens is 323 g/mol. The first-order valence-electron chi connectivity index (χ1n) is 5.89. The summed E-state index contributed by atoms with van der Waals surface area (Å²) in [5.74, 6) is -0.145. The number of Topliss-reactive ketones (excluding diaryl/α,β-unsaturated/α-hetero) is 1. The molecule has 0 radical (unpaired) electrons. The molecule has 19 heavy (non-hydrogen) atoms. The predicted octanol–water partition coefficient (Wildman–Crippen LogP) is 3.91. The Balaban J connectivity index is 2.50. The second kappa shape index (κ2) is 7.05. The summed E-state index contributed by atoms with van der Waals surface area (Å²) < 4.78 is 37.6. The summed E-state index contributed by atoms with van der Waals surface area (Å²) in [6.45, 7) is 1.06. The summed E-state index contributed by atoms with van der Waals surface area (Å²) in [5.41, 5.74) is 0.520. The minimum Gasteiger partial charge on any atom is -0.295 e. The summed E-state index contributed by atoms with van der Waals surface area (Å²) in [6.07, 6.45) is -4.14. The highest BCUT2D eigenvalue weighted by Crippen LogP contribution is 2.17. The van der Waals surface area contributed by atoms with E-state index in [1.54, 1.807) is 31.2 Å². The highest BCUT2D eigenvalue weighted by atomic mass is 79.9. The van der Waals surface area contributed by atoms with Crippen molar-refractivity contribution in [1.82, 2.24) is 4.90 Å². The van der Waals surface area contributed by atoms with Crippen LogP contribution in [0.3, 0.4) is 0 Å². The first-order chi connectivity index (χ1) is 8.81. The minimum absolute atomic E-state index is 0.0888. The fourth-order valence-electron chi connectivity index (χ4n) is 1.64. The number of ketones is 1. The second-order valence-corrected chi connectivity index (χ2v) is 5.08. The van der Waals surface area contributed by atoms with Crippen LogP contribution in [0.1, 0.15) is 23.7 Å². The van der Waals surface area contributed by atoms with Gasteiger partial charge in [-0.25, -0.2) is 0 Å². The van der Waals surface area contributed by atoms with Crippen LogP contribution < -0.4 is 0 Å². The molecule has 0 unspecified atom stereocenters. The first kappa shape index (κ1) is 16.2. The minimum atomic E-state index is -4.23. The molecule has 1 aromatic carbocycles. The lowest BCUT2D eigenvalue weighted by molar-refractivity contribution is -0.145. The molecule has 0 aliphatic heterocycles. The molecular formula is C13H15BrF3NO. The molecule has 0 aliphatic carbocycles. The highest BCUT2D eigenvalue weighted by molar-refractivity contribution is 9.10. The van der Waals surface area contributed by atoms with Gasteiger partial charge in [-0.1, -0.05) is 35.0 Å². The van der Waals surface area contributed by atoms with Gasteiger partial charge in [0.2, 0.25) is 0 Å². The number of benzene rings is 1. The largest absolute Gasteiger partial charge is 0.401 e. The summed E-state index contributed by atoms with van der Waals surface area (Å²) in [5, 5.41) is 0. The summed E-state index contributed by atoms with van der Waals surface area (Å²) in [6, 6.07) is 6.79. The van der Waals surface area contributed by atoms with E-state index in [4.69, 9.17) is 0 Å². The Morgan fingerprint density at radius 1 is 1.26 bits per heavy atom. The zero-order chi connectivity index (χ0) is 14.5. The van der Waals surface area contributed by atoms with Gasteiger partial charge in [-0.15, -0.1) is 0 Å². The second-order valence-electron chi connectivity index (χ2n) is 4.16. The van der Waals surface area contributed by atoms with E-state index in [1.807, 2.05) is 0 Å². The Morgan fingerprint density at radius 3 is 2.32 bits per heavy atom. The van der Waals surface area contributed by atoms with E-state index in [-0.39, 0.29) is 25.3 Å². The van der Waals surface area contributed by atoms with Gasteiger partial charge in [-0.3, -0.25) is 9.69 Å². The smallest absolute Gasteiger partial charge is 0.295 e. The molecule has 0 fully saturated rings. The third kappa shape index (κ3) is 6.20. The molecule has 0 aromatic heterocycles. The molecule has 2 nitrogen and oxygen atoms in total. The molecule has 1 aromatic rings. The summed E-state index contributed by atoms with van der Waals surface area (Å²) in [4.78, 5) is 13.0. The Morgan fingerprint density at radius 2 is 1.84 bits per heavy atom. The van der Waals surface area contributed by atoms with Crippen molar-refractivity contribution in [3.05, 3.63) is 34.3 Å². The number of carbonyl (C=O) groups is 1. The molecule has 106 valence electrons. The fourth-order valence-corrected chi connectivity index (χ4v) is 1.91. The Labute approximate surface area is 118 Å². The Hall–Kier alpha value is -0.880. The third-order valence-corrected chi connectivity index (χ3v) is 3.20. The van der Waals surface area contributed by atoms with Crippen molar-refractivity contribution in [2.75, 3.05) is 19.6 Å². The topological polar surface area (TPSA) is 20.3 Å². The number of nitrogens with zero attached hydrogens (tertiary/aromatic N) is 1. The summed E-state index contributed by atoms with van der Waals surface area (Å²) in [7, 11) is 0. The van der Waals surface area contributed by atoms with E-state index >= 15 is 0 Å². The van der Waals surface area contributed by atoms with Crippen LogP contribution in [0.4, 0.5) is 13.2 Å². The van der Waals surface area contributed by atoms with E-state index in [2.05, 4.69) is 15.9 Å². The van der Waals surface area contributed by atoms with Crippen LogP contribution in [0, 0.1) is 0 Å². The Kier molecular flexibility index (Phi) is 6.00. The number of alkyl halides is 3. The van der Waals surface area contributed by atoms with Gasteiger partial charge in [-0.05, 0) is 18.7 Å². The van der Waals surface area contributed by atoms with Crippen molar-refractivity contribution in [3.63, 3.8) is 0 Å². The molecule has 0 saturated carbocycles. The van der Waals surface area contributed by atoms with Gasteiger partial charge in [0, 0.05) is 23.0 Å². The standard InChI is InChI=1S/C13H15BrF3NO/c1-2-18(9-13(15,16)17)8-7-12(19)10-3-5-11(14)6-4-10/h3-6H,2,7-9H2,1H3. The molecule has 0 saturated heterocycles. The van der Waals surface area contributed by atoms with E-state index in [1.165, 1.54) is 4.90 Å². The van der Waals surface area contributed by atoms with Crippen LogP contribution in [0.5, 0.6) is 0 Å². The van der Waals surface area contributed by atoms with Crippen LogP contribution >= 0.6 is 15.9 Å². The highest BCUT2D eigenvalue weighted by Gasteiger charge is 2.30. The molecule has 1 rings (SSSR count). The van der Waals surface area contributed by atoms with Gasteiger partial charge in [-0.2, -0.15) is 13.2 Å². The lowest BCUT2D eigenvalue weighted by Crippen LogP contribution is -2.35. The van der Waals surface area contributed by atoms with E-state index in [0.29, 0.717) is 5.56 Å². The average Bonchev–Trinajstić information content (AvgIpc) is 2.33. The van der Waals surface area contributed by atoms with E-state index < -0.39 is 12.7 Å². The molecule has 0 N–H and O–H groups in total. The summed E-state index contributed by atoms with van der Waals surface area (Å²) >= 11 is 3.26. The number of rotatable bonds is 6. The van der Waals surface area contributed by atoms with Crippen LogP contribution in [-0.2, 0) is 0 Å². The zero-order valence-electron chi connectivity index (χ0n) is 10.5. The first-order valence-corrected chi connectivity index (χ1v) is 6.69. The van der Waals surface area contributed by atoms with Crippen molar-refractivity contribution in [2.24, 2.45) is 0 Å². The van der Waals surface area contributed by atoms with Gasteiger partial charge in [0.15, 0.2) is 5.78 Å². The maximum atomic E-state index is 12.3. The van der Waals surface area contributed by atoms with Crippen LogP contribution in [0.25, 0.3) is 0 Å².